The van der Waals surface area contributed by atoms with Gasteiger partial charge in [-0.1, -0.05) is 17.7 Å². The molecule has 0 aromatic heterocycles. The first-order valence-corrected chi connectivity index (χ1v) is 6.62. The summed E-state index contributed by atoms with van der Waals surface area (Å²) in [6.45, 7) is 2.32. The maximum Gasteiger partial charge on any atom is 0.264 e. The van der Waals surface area contributed by atoms with Gasteiger partial charge in [0.25, 0.3) is 5.91 Å². The number of rotatable bonds is 3. The minimum absolute atomic E-state index is 0.149. The lowest BCUT2D eigenvalue weighted by atomic mass is 10.2. The number of nitrogens with zero attached hydrogens (tertiary/aromatic N) is 2. The van der Waals surface area contributed by atoms with Gasteiger partial charge in [0.1, 0.15) is 11.8 Å². The fraction of sp³-hybridized carbons (Fsp3) is 0.429. The van der Waals surface area contributed by atoms with Crippen molar-refractivity contribution in [3.05, 3.63) is 29.3 Å². The van der Waals surface area contributed by atoms with Gasteiger partial charge in [0.15, 0.2) is 6.10 Å². The van der Waals surface area contributed by atoms with Gasteiger partial charge in [-0.15, -0.1) is 0 Å². The number of halogens is 1. The molecule has 1 aliphatic heterocycles. The van der Waals surface area contributed by atoms with Gasteiger partial charge < -0.3 is 9.64 Å². The topological polar surface area (TPSA) is 53.3 Å². The number of likely N-dealkylation sites (tertiary alicyclic amines) is 1. The van der Waals surface area contributed by atoms with Gasteiger partial charge in [-0.2, -0.15) is 5.26 Å². The highest BCUT2D eigenvalue weighted by atomic mass is 35.5. The first-order chi connectivity index (χ1) is 9.11. The van der Waals surface area contributed by atoms with Crippen LogP contribution in [0.1, 0.15) is 19.8 Å². The number of carbonyl (C=O) groups excluding carboxylic acids is 1. The molecule has 0 radical (unpaired) electrons. The minimum atomic E-state index is -0.618. The normalized spacial score (nSPS) is 19.8. The molecule has 1 aliphatic rings. The van der Waals surface area contributed by atoms with Crippen molar-refractivity contribution < 1.29 is 9.53 Å². The summed E-state index contributed by atoms with van der Waals surface area (Å²) in [6, 6.07) is 8.75. The minimum Gasteiger partial charge on any atom is -0.481 e. The summed E-state index contributed by atoms with van der Waals surface area (Å²) in [7, 11) is 0. The fourth-order valence-corrected chi connectivity index (χ4v) is 2.37. The Morgan fingerprint density at radius 3 is 3.11 bits per heavy atom. The van der Waals surface area contributed by atoms with E-state index in [0.717, 1.165) is 12.8 Å². The monoisotopic (exact) mass is 278 g/mol. The van der Waals surface area contributed by atoms with E-state index in [1.54, 1.807) is 36.1 Å². The highest BCUT2D eigenvalue weighted by molar-refractivity contribution is 6.30. The summed E-state index contributed by atoms with van der Waals surface area (Å²) in [5.41, 5.74) is 0. The van der Waals surface area contributed by atoms with Gasteiger partial charge in [0, 0.05) is 11.6 Å². The van der Waals surface area contributed by atoms with E-state index < -0.39 is 6.10 Å². The zero-order chi connectivity index (χ0) is 13.8. The number of ether oxygens (including phenoxy) is 1. The molecule has 19 heavy (non-hydrogen) atoms. The molecule has 0 spiro atoms. The van der Waals surface area contributed by atoms with E-state index >= 15 is 0 Å². The molecular weight excluding hydrogens is 264 g/mol. The Balaban J connectivity index is 2.02. The molecule has 4 nitrogen and oxygen atoms in total. The standard InChI is InChI=1S/C14H15ClN2O2/c1-10(19-13-6-2-4-11(15)8-13)14(18)17-7-3-5-12(17)9-16/h2,4,6,8,10,12H,3,5,7H2,1H3. The zero-order valence-electron chi connectivity index (χ0n) is 10.7. The first-order valence-electron chi connectivity index (χ1n) is 6.24. The Labute approximate surface area is 117 Å². The van der Waals surface area contributed by atoms with Crippen molar-refractivity contribution in [2.75, 3.05) is 6.54 Å². The Bertz CT molecular complexity index is 512. The average Bonchev–Trinajstić information content (AvgIpc) is 2.86. The molecule has 0 saturated carbocycles. The van der Waals surface area contributed by atoms with Crippen LogP contribution in [-0.2, 0) is 4.79 Å². The SMILES string of the molecule is CC(Oc1cccc(Cl)c1)C(=O)N1CCCC1C#N. The van der Waals surface area contributed by atoms with Crippen molar-refractivity contribution in [1.29, 1.82) is 5.26 Å². The molecule has 1 fully saturated rings. The molecule has 1 aromatic carbocycles. The molecule has 2 atom stereocenters. The van der Waals surface area contributed by atoms with Crippen LogP contribution in [0.15, 0.2) is 24.3 Å². The van der Waals surface area contributed by atoms with Crippen LogP contribution in [-0.4, -0.2) is 29.5 Å². The smallest absolute Gasteiger partial charge is 0.264 e. The highest BCUT2D eigenvalue weighted by Gasteiger charge is 2.32. The molecule has 2 rings (SSSR count). The third kappa shape index (κ3) is 3.18. The van der Waals surface area contributed by atoms with E-state index in [-0.39, 0.29) is 11.9 Å². The number of carbonyl (C=O) groups is 1. The van der Waals surface area contributed by atoms with Crippen molar-refractivity contribution in [3.8, 4) is 11.8 Å². The maximum atomic E-state index is 12.2. The average molecular weight is 279 g/mol. The molecule has 0 N–H and O–H groups in total. The second kappa shape index (κ2) is 5.94. The van der Waals surface area contributed by atoms with Gasteiger partial charge in [0.2, 0.25) is 0 Å². The molecule has 0 aliphatic carbocycles. The van der Waals surface area contributed by atoms with Gasteiger partial charge >= 0.3 is 0 Å². The molecule has 1 heterocycles. The first kappa shape index (κ1) is 13.7. The summed E-state index contributed by atoms with van der Waals surface area (Å²) in [6.07, 6.45) is 0.993. The largest absolute Gasteiger partial charge is 0.481 e. The molecule has 1 amide bonds. The lowest BCUT2D eigenvalue weighted by molar-refractivity contribution is -0.137. The lowest BCUT2D eigenvalue weighted by Crippen LogP contribution is -2.42. The summed E-state index contributed by atoms with van der Waals surface area (Å²) < 4.78 is 5.58. The van der Waals surface area contributed by atoms with E-state index in [1.807, 2.05) is 0 Å². The molecule has 100 valence electrons. The predicted octanol–water partition coefficient (Wildman–Crippen LogP) is 2.62. The van der Waals surface area contributed by atoms with Gasteiger partial charge in [-0.3, -0.25) is 4.79 Å². The van der Waals surface area contributed by atoms with E-state index in [0.29, 0.717) is 17.3 Å². The van der Waals surface area contributed by atoms with Crippen LogP contribution in [0.3, 0.4) is 0 Å². The number of hydrogen-bond donors (Lipinski definition) is 0. The second-order valence-corrected chi connectivity index (χ2v) is 4.97. The third-order valence-corrected chi connectivity index (χ3v) is 3.38. The number of nitriles is 1. The summed E-state index contributed by atoms with van der Waals surface area (Å²) >= 11 is 5.86. The number of hydrogen-bond acceptors (Lipinski definition) is 3. The van der Waals surface area contributed by atoms with Crippen molar-refractivity contribution in [2.24, 2.45) is 0 Å². The molecule has 2 unspecified atom stereocenters. The number of amides is 1. The quantitative estimate of drug-likeness (QED) is 0.854. The maximum absolute atomic E-state index is 12.2. The fourth-order valence-electron chi connectivity index (χ4n) is 2.19. The van der Waals surface area contributed by atoms with Crippen LogP contribution in [0.2, 0.25) is 5.02 Å². The van der Waals surface area contributed by atoms with Crippen LogP contribution >= 0.6 is 11.6 Å². The van der Waals surface area contributed by atoms with E-state index in [2.05, 4.69) is 6.07 Å². The molecule has 1 saturated heterocycles. The van der Waals surface area contributed by atoms with Crippen molar-refractivity contribution in [3.63, 3.8) is 0 Å². The van der Waals surface area contributed by atoms with E-state index in [9.17, 15) is 4.79 Å². The van der Waals surface area contributed by atoms with E-state index in [1.165, 1.54) is 0 Å². The Morgan fingerprint density at radius 1 is 1.63 bits per heavy atom. The number of benzene rings is 1. The Hall–Kier alpha value is -1.73. The lowest BCUT2D eigenvalue weighted by Gasteiger charge is -2.23. The van der Waals surface area contributed by atoms with Crippen LogP contribution in [0.25, 0.3) is 0 Å². The van der Waals surface area contributed by atoms with Gasteiger partial charge in [0.05, 0.1) is 6.07 Å². The zero-order valence-corrected chi connectivity index (χ0v) is 11.4. The van der Waals surface area contributed by atoms with Crippen LogP contribution in [0.4, 0.5) is 0 Å². The van der Waals surface area contributed by atoms with Crippen LogP contribution < -0.4 is 4.74 Å². The van der Waals surface area contributed by atoms with Crippen LogP contribution in [0.5, 0.6) is 5.75 Å². The molecule has 0 bridgehead atoms. The van der Waals surface area contributed by atoms with Crippen molar-refractivity contribution in [2.45, 2.75) is 31.9 Å². The highest BCUT2D eigenvalue weighted by Crippen LogP contribution is 2.21. The van der Waals surface area contributed by atoms with E-state index in [4.69, 9.17) is 21.6 Å². The van der Waals surface area contributed by atoms with Crippen LogP contribution in [0, 0.1) is 11.3 Å². The summed E-state index contributed by atoms with van der Waals surface area (Å²) in [5.74, 6) is 0.407. The Kier molecular flexibility index (Phi) is 4.28. The Morgan fingerprint density at radius 2 is 2.42 bits per heavy atom. The molecule has 1 aromatic rings. The second-order valence-electron chi connectivity index (χ2n) is 4.54. The molecule has 5 heteroatoms. The van der Waals surface area contributed by atoms with Crippen molar-refractivity contribution in [1.82, 2.24) is 4.90 Å². The van der Waals surface area contributed by atoms with Gasteiger partial charge in [-0.25, -0.2) is 0 Å². The summed E-state index contributed by atoms with van der Waals surface area (Å²) in [5, 5.41) is 9.55. The molecular formula is C14H15ClN2O2. The third-order valence-electron chi connectivity index (χ3n) is 3.14. The van der Waals surface area contributed by atoms with Crippen molar-refractivity contribution >= 4 is 17.5 Å². The predicted molar refractivity (Wildman–Crippen MR) is 71.9 cm³/mol. The van der Waals surface area contributed by atoms with Gasteiger partial charge in [-0.05, 0) is 38.0 Å². The summed E-state index contributed by atoms with van der Waals surface area (Å²) in [4.78, 5) is 13.8.